The largest absolute Gasteiger partial charge is 0.493 e. The molecule has 0 aromatic heterocycles. The number of hydrogen-bond donors (Lipinski definition) is 1. The Labute approximate surface area is 231 Å². The molecule has 3 aliphatic rings. The first-order chi connectivity index (χ1) is 18.8. The standard InChI is InChI=1S/C31H41N3O3S/c35-31(33-17-20-34-18-5-2-6-19-34)28-14-13-27(28)24-9-11-25(12-10-24)29-15-16-32-30(37-29)23-38-22-21-36-26-7-3-1-4-8-26/h1,3-4,7-12,27-29H,2,5-6,13-23H2,(H,33,35). The summed E-state index contributed by atoms with van der Waals surface area (Å²) in [5, 5.41) is 3.21. The molecule has 7 heteroatoms. The maximum atomic E-state index is 12.8. The summed E-state index contributed by atoms with van der Waals surface area (Å²) in [7, 11) is 0. The van der Waals surface area contributed by atoms with E-state index < -0.39 is 0 Å². The van der Waals surface area contributed by atoms with Gasteiger partial charge in [-0.1, -0.05) is 48.9 Å². The summed E-state index contributed by atoms with van der Waals surface area (Å²) in [4.78, 5) is 19.9. The Kier molecular flexibility index (Phi) is 10.0. The maximum Gasteiger partial charge on any atom is 0.223 e. The summed E-state index contributed by atoms with van der Waals surface area (Å²) < 4.78 is 12.0. The second-order valence-corrected chi connectivity index (χ2v) is 11.6. The Morgan fingerprint density at radius 3 is 2.55 bits per heavy atom. The lowest BCUT2D eigenvalue weighted by atomic mass is 9.69. The van der Waals surface area contributed by atoms with Crippen LogP contribution in [0.25, 0.3) is 0 Å². The number of para-hydroxylation sites is 1. The predicted molar refractivity (Wildman–Crippen MR) is 155 cm³/mol. The van der Waals surface area contributed by atoms with Crippen LogP contribution in [0.15, 0.2) is 59.6 Å². The zero-order valence-corrected chi connectivity index (χ0v) is 23.2. The van der Waals surface area contributed by atoms with Crippen molar-refractivity contribution in [3.63, 3.8) is 0 Å². The molecule has 204 valence electrons. The van der Waals surface area contributed by atoms with E-state index in [-0.39, 0.29) is 17.9 Å². The number of hydrogen-bond acceptors (Lipinski definition) is 6. The third-order valence-corrected chi connectivity index (χ3v) is 8.85. The molecule has 2 aromatic rings. The number of rotatable bonds is 12. The minimum Gasteiger partial charge on any atom is -0.493 e. The lowest BCUT2D eigenvalue weighted by Gasteiger charge is -2.36. The first kappa shape index (κ1) is 27.1. The van der Waals surface area contributed by atoms with Gasteiger partial charge in [0.1, 0.15) is 11.9 Å². The first-order valence-corrected chi connectivity index (χ1v) is 15.5. The van der Waals surface area contributed by atoms with E-state index in [4.69, 9.17) is 9.47 Å². The van der Waals surface area contributed by atoms with Crippen molar-refractivity contribution in [3.8, 4) is 5.75 Å². The van der Waals surface area contributed by atoms with Gasteiger partial charge < -0.3 is 19.7 Å². The Morgan fingerprint density at radius 1 is 1.00 bits per heavy atom. The second-order valence-electron chi connectivity index (χ2n) is 10.5. The number of carbonyl (C=O) groups is 1. The lowest BCUT2D eigenvalue weighted by Crippen LogP contribution is -2.43. The van der Waals surface area contributed by atoms with Gasteiger partial charge in [-0.15, -0.1) is 11.8 Å². The number of nitrogens with zero attached hydrogens (tertiary/aromatic N) is 2. The van der Waals surface area contributed by atoms with E-state index in [1.165, 1.54) is 43.5 Å². The average molecular weight is 536 g/mol. The molecule has 1 amide bonds. The minimum absolute atomic E-state index is 0.0491. The number of ether oxygens (including phenoxy) is 2. The van der Waals surface area contributed by atoms with Crippen molar-refractivity contribution < 1.29 is 14.3 Å². The number of benzene rings is 2. The van der Waals surface area contributed by atoms with Crippen molar-refractivity contribution in [2.24, 2.45) is 10.9 Å². The van der Waals surface area contributed by atoms with Crippen molar-refractivity contribution in [2.45, 2.75) is 50.5 Å². The molecule has 2 aliphatic heterocycles. The topological polar surface area (TPSA) is 63.2 Å². The van der Waals surface area contributed by atoms with Gasteiger partial charge in [-0.3, -0.25) is 9.79 Å². The van der Waals surface area contributed by atoms with Crippen molar-refractivity contribution in [1.29, 1.82) is 0 Å². The van der Waals surface area contributed by atoms with Gasteiger partial charge in [0.25, 0.3) is 0 Å². The molecule has 1 N–H and O–H groups in total. The number of carbonyl (C=O) groups excluding carboxylic acids is 1. The maximum absolute atomic E-state index is 12.8. The fourth-order valence-electron chi connectivity index (χ4n) is 5.60. The van der Waals surface area contributed by atoms with Crippen LogP contribution < -0.4 is 10.1 Å². The van der Waals surface area contributed by atoms with Gasteiger partial charge in [0, 0.05) is 37.7 Å². The van der Waals surface area contributed by atoms with Crippen molar-refractivity contribution >= 4 is 23.6 Å². The van der Waals surface area contributed by atoms with Crippen molar-refractivity contribution in [3.05, 3.63) is 65.7 Å². The third-order valence-electron chi connectivity index (χ3n) is 7.95. The highest BCUT2D eigenvalue weighted by atomic mass is 32.2. The van der Waals surface area contributed by atoms with Gasteiger partial charge in [-0.2, -0.15) is 0 Å². The molecular formula is C31H41N3O3S. The SMILES string of the molecule is O=C(NCCN1CCCCC1)C1CCC1c1ccc(C2CCN=C(CSCCOc3ccccc3)O2)cc1. The summed E-state index contributed by atoms with van der Waals surface area (Å²) >= 11 is 1.79. The monoisotopic (exact) mass is 535 g/mol. The van der Waals surface area contributed by atoms with Crippen LogP contribution in [0.4, 0.5) is 0 Å². The molecule has 1 aliphatic carbocycles. The number of thioether (sulfide) groups is 1. The zero-order chi connectivity index (χ0) is 26.0. The molecule has 3 unspecified atom stereocenters. The van der Waals surface area contributed by atoms with E-state index in [9.17, 15) is 4.79 Å². The molecule has 2 fully saturated rings. The van der Waals surface area contributed by atoms with Crippen molar-refractivity contribution in [2.75, 3.05) is 50.8 Å². The van der Waals surface area contributed by atoms with E-state index in [1.807, 2.05) is 30.3 Å². The summed E-state index contributed by atoms with van der Waals surface area (Å²) in [6, 6.07) is 18.7. The molecule has 0 bridgehead atoms. The molecule has 3 atom stereocenters. The van der Waals surface area contributed by atoms with Crippen LogP contribution in [0.2, 0.25) is 0 Å². The van der Waals surface area contributed by atoms with Gasteiger partial charge in [0.2, 0.25) is 5.91 Å². The Bertz CT molecular complexity index is 1040. The molecule has 0 spiro atoms. The smallest absolute Gasteiger partial charge is 0.223 e. The van der Waals surface area contributed by atoms with Gasteiger partial charge in [-0.25, -0.2) is 0 Å². The molecule has 0 radical (unpaired) electrons. The molecule has 1 saturated carbocycles. The van der Waals surface area contributed by atoms with Crippen LogP contribution >= 0.6 is 11.8 Å². The lowest BCUT2D eigenvalue weighted by molar-refractivity contribution is -0.128. The quantitative estimate of drug-likeness (QED) is 0.366. The van der Waals surface area contributed by atoms with E-state index in [2.05, 4.69) is 39.5 Å². The normalized spacial score (nSPS) is 23.6. The van der Waals surface area contributed by atoms with Gasteiger partial charge in [0.15, 0.2) is 5.90 Å². The molecule has 1 saturated heterocycles. The number of amides is 1. The molecular weight excluding hydrogens is 494 g/mol. The molecule has 2 aromatic carbocycles. The van der Waals surface area contributed by atoms with Crippen LogP contribution in [-0.4, -0.2) is 67.5 Å². The van der Waals surface area contributed by atoms with Crippen LogP contribution in [0.3, 0.4) is 0 Å². The molecule has 38 heavy (non-hydrogen) atoms. The highest BCUT2D eigenvalue weighted by Crippen LogP contribution is 2.43. The summed E-state index contributed by atoms with van der Waals surface area (Å²) in [5.74, 6) is 4.06. The van der Waals surface area contributed by atoms with Crippen LogP contribution in [0, 0.1) is 5.92 Å². The Morgan fingerprint density at radius 2 is 1.79 bits per heavy atom. The summed E-state index contributed by atoms with van der Waals surface area (Å²) in [5.41, 5.74) is 2.47. The fourth-order valence-corrected chi connectivity index (χ4v) is 6.28. The van der Waals surface area contributed by atoms with Crippen LogP contribution in [0.1, 0.15) is 61.7 Å². The zero-order valence-electron chi connectivity index (χ0n) is 22.4. The first-order valence-electron chi connectivity index (χ1n) is 14.3. The van der Waals surface area contributed by atoms with E-state index in [0.29, 0.717) is 12.5 Å². The minimum atomic E-state index is 0.0491. The van der Waals surface area contributed by atoms with E-state index in [1.54, 1.807) is 11.8 Å². The summed E-state index contributed by atoms with van der Waals surface area (Å²) in [6.07, 6.45) is 6.95. The number of piperidine rings is 1. The van der Waals surface area contributed by atoms with Crippen LogP contribution in [-0.2, 0) is 9.53 Å². The molecule has 2 heterocycles. The fraction of sp³-hybridized carbons (Fsp3) is 0.548. The van der Waals surface area contributed by atoms with Gasteiger partial charge >= 0.3 is 0 Å². The molecule has 6 nitrogen and oxygen atoms in total. The Balaban J connectivity index is 1.03. The third kappa shape index (κ3) is 7.54. The number of nitrogens with one attached hydrogen (secondary N) is 1. The number of likely N-dealkylation sites (tertiary alicyclic amines) is 1. The summed E-state index contributed by atoms with van der Waals surface area (Å²) in [6.45, 7) is 5.56. The molecule has 5 rings (SSSR count). The second kappa shape index (κ2) is 14.0. The average Bonchev–Trinajstić information content (AvgIpc) is 2.94. The number of aliphatic imine (C=N–C) groups is 1. The van der Waals surface area contributed by atoms with E-state index in [0.717, 1.165) is 62.0 Å². The van der Waals surface area contributed by atoms with Gasteiger partial charge in [-0.05, 0) is 68.0 Å². The van der Waals surface area contributed by atoms with Gasteiger partial charge in [0.05, 0.1) is 12.4 Å². The van der Waals surface area contributed by atoms with Crippen LogP contribution in [0.5, 0.6) is 5.75 Å². The van der Waals surface area contributed by atoms with E-state index >= 15 is 0 Å². The predicted octanol–water partition coefficient (Wildman–Crippen LogP) is 5.45. The highest BCUT2D eigenvalue weighted by molar-refractivity contribution is 7.99. The Hall–Kier alpha value is -2.51. The highest BCUT2D eigenvalue weighted by Gasteiger charge is 2.37. The van der Waals surface area contributed by atoms with Crippen molar-refractivity contribution in [1.82, 2.24) is 10.2 Å².